The fraction of sp³-hybridized carbons (Fsp3) is 0.269. The van der Waals surface area contributed by atoms with E-state index in [2.05, 4.69) is 25.2 Å². The molecule has 4 aromatic rings. The molecule has 0 saturated carbocycles. The molecule has 1 aliphatic heterocycles. The highest BCUT2D eigenvalue weighted by Crippen LogP contribution is 2.30. The number of carbonyl (C=O) groups is 1. The van der Waals surface area contributed by atoms with Crippen molar-refractivity contribution in [3.05, 3.63) is 72.4 Å². The first-order valence-electron chi connectivity index (χ1n) is 11.6. The lowest BCUT2D eigenvalue weighted by Gasteiger charge is -2.44. The van der Waals surface area contributed by atoms with Gasteiger partial charge in [-0.1, -0.05) is 6.07 Å². The number of urea groups is 1. The largest absolute Gasteiger partial charge is 0.457 e. The number of fused-ring (bicyclic) bond motifs is 1. The maximum Gasteiger partial charge on any atom is 0.322 e. The van der Waals surface area contributed by atoms with Gasteiger partial charge in [0.2, 0.25) is 0 Å². The number of anilines is 2. The second-order valence-electron chi connectivity index (χ2n) is 8.92. The Bertz CT molecular complexity index is 1340. The van der Waals surface area contributed by atoms with Gasteiger partial charge in [-0.05, 0) is 62.7 Å². The molecule has 1 saturated heterocycles. The van der Waals surface area contributed by atoms with Crippen molar-refractivity contribution in [3.8, 4) is 11.5 Å². The van der Waals surface area contributed by atoms with E-state index in [0.29, 0.717) is 30.3 Å². The summed E-state index contributed by atoms with van der Waals surface area (Å²) in [7, 11) is 0. The highest BCUT2D eigenvalue weighted by molar-refractivity contribution is 5.92. The van der Waals surface area contributed by atoms with E-state index < -0.39 is 0 Å². The summed E-state index contributed by atoms with van der Waals surface area (Å²) in [6, 6.07) is 12.7. The van der Waals surface area contributed by atoms with Crippen molar-refractivity contribution in [2.45, 2.75) is 32.9 Å². The van der Waals surface area contributed by atoms with Crippen molar-refractivity contribution in [2.24, 2.45) is 0 Å². The van der Waals surface area contributed by atoms with Crippen LogP contribution in [0.5, 0.6) is 11.5 Å². The lowest BCUT2D eigenvalue weighted by Crippen LogP contribution is -2.60. The summed E-state index contributed by atoms with van der Waals surface area (Å²) in [6.45, 7) is 7.43. The van der Waals surface area contributed by atoms with Crippen LogP contribution in [0.15, 0.2) is 61.1 Å². The van der Waals surface area contributed by atoms with Crippen LogP contribution in [0.4, 0.5) is 20.7 Å². The Morgan fingerprint density at radius 3 is 2.57 bits per heavy atom. The third-order valence-corrected chi connectivity index (χ3v) is 6.23. The maximum atomic E-state index is 13.2. The van der Waals surface area contributed by atoms with E-state index in [1.807, 2.05) is 37.9 Å². The number of carbonyl (C=O) groups excluding carboxylic acids is 1. The van der Waals surface area contributed by atoms with E-state index >= 15 is 0 Å². The van der Waals surface area contributed by atoms with Crippen LogP contribution < -0.4 is 15.0 Å². The van der Waals surface area contributed by atoms with Crippen molar-refractivity contribution >= 4 is 28.6 Å². The van der Waals surface area contributed by atoms with E-state index in [4.69, 9.17) is 4.74 Å². The van der Waals surface area contributed by atoms with Crippen molar-refractivity contribution in [3.63, 3.8) is 0 Å². The summed E-state index contributed by atoms with van der Waals surface area (Å²) in [5, 5.41) is 4.01. The van der Waals surface area contributed by atoms with Crippen molar-refractivity contribution in [1.29, 1.82) is 0 Å². The number of nitrogens with zero attached hydrogens (tertiary/aromatic N) is 4. The van der Waals surface area contributed by atoms with E-state index in [9.17, 15) is 9.18 Å². The van der Waals surface area contributed by atoms with Crippen LogP contribution in [0.3, 0.4) is 0 Å². The SMILES string of the molecule is Cc1c[nH]c2ncnc(N3CC(C)N(C(=O)Nc4cccc(Oc5ccc(F)cc5)c4)C(C)C3)c12. The number of ether oxygens (including phenoxy) is 1. The standard InChI is InChI=1S/C26H27FN6O2/c1-16-12-28-24-23(16)25(30-15-29-24)32-13-17(2)33(18(3)14-32)26(34)31-20-5-4-6-22(11-20)35-21-9-7-19(27)8-10-21/h4-12,15,17-18H,13-14H2,1-3H3,(H,31,34)(H,28,29,30). The smallest absolute Gasteiger partial charge is 0.322 e. The number of rotatable bonds is 4. The number of aromatic amines is 1. The summed E-state index contributed by atoms with van der Waals surface area (Å²) in [4.78, 5) is 29.4. The van der Waals surface area contributed by atoms with Gasteiger partial charge in [0.15, 0.2) is 0 Å². The third kappa shape index (κ3) is 4.62. The molecule has 1 fully saturated rings. The number of hydrogen-bond donors (Lipinski definition) is 2. The lowest BCUT2D eigenvalue weighted by molar-refractivity contribution is 0.153. The minimum atomic E-state index is -0.325. The Balaban J connectivity index is 1.28. The molecule has 2 amide bonds. The molecule has 35 heavy (non-hydrogen) atoms. The molecule has 2 N–H and O–H groups in total. The zero-order valence-corrected chi connectivity index (χ0v) is 19.8. The number of piperazine rings is 1. The van der Waals surface area contributed by atoms with Gasteiger partial charge in [-0.3, -0.25) is 0 Å². The molecule has 0 aliphatic carbocycles. The normalized spacial score (nSPS) is 18.1. The zero-order valence-electron chi connectivity index (χ0n) is 19.8. The molecule has 0 spiro atoms. The maximum absolute atomic E-state index is 13.2. The van der Waals surface area contributed by atoms with Gasteiger partial charge in [-0.25, -0.2) is 19.2 Å². The summed E-state index contributed by atoms with van der Waals surface area (Å²) < 4.78 is 18.9. The van der Waals surface area contributed by atoms with Gasteiger partial charge in [0.1, 0.15) is 35.1 Å². The predicted molar refractivity (Wildman–Crippen MR) is 134 cm³/mol. The minimum absolute atomic E-state index is 0.0401. The summed E-state index contributed by atoms with van der Waals surface area (Å²) in [5.74, 6) is 1.63. The Labute approximate surface area is 202 Å². The highest BCUT2D eigenvalue weighted by Gasteiger charge is 2.34. The van der Waals surface area contributed by atoms with E-state index in [1.54, 1.807) is 36.7 Å². The van der Waals surface area contributed by atoms with Gasteiger partial charge in [0.05, 0.1) is 5.39 Å². The molecule has 2 unspecified atom stereocenters. The molecular formula is C26H27FN6O2. The van der Waals surface area contributed by atoms with Crippen LogP contribution in [0.1, 0.15) is 19.4 Å². The molecule has 2 aromatic heterocycles. The molecule has 180 valence electrons. The van der Waals surface area contributed by atoms with Crippen LogP contribution in [0.25, 0.3) is 11.0 Å². The monoisotopic (exact) mass is 474 g/mol. The molecule has 9 heteroatoms. The Hall–Kier alpha value is -4.14. The first-order valence-corrected chi connectivity index (χ1v) is 11.6. The van der Waals surface area contributed by atoms with Gasteiger partial charge in [0, 0.05) is 43.1 Å². The molecule has 8 nitrogen and oxygen atoms in total. The Morgan fingerprint density at radius 1 is 1.09 bits per heavy atom. The molecule has 3 heterocycles. The average Bonchev–Trinajstić information content (AvgIpc) is 3.21. The number of halogens is 1. The number of aromatic nitrogens is 3. The van der Waals surface area contributed by atoms with E-state index in [-0.39, 0.29) is 23.9 Å². The molecule has 2 aromatic carbocycles. The fourth-order valence-electron chi connectivity index (χ4n) is 4.70. The second-order valence-corrected chi connectivity index (χ2v) is 8.92. The van der Waals surface area contributed by atoms with Crippen LogP contribution in [0.2, 0.25) is 0 Å². The quantitative estimate of drug-likeness (QED) is 0.418. The molecule has 1 aliphatic rings. The van der Waals surface area contributed by atoms with Gasteiger partial charge in [-0.2, -0.15) is 0 Å². The van der Waals surface area contributed by atoms with Crippen LogP contribution >= 0.6 is 0 Å². The number of hydrogen-bond acceptors (Lipinski definition) is 5. The number of benzene rings is 2. The first kappa shape index (κ1) is 22.6. The third-order valence-electron chi connectivity index (χ3n) is 6.23. The molecular weight excluding hydrogens is 447 g/mol. The highest BCUT2D eigenvalue weighted by atomic mass is 19.1. The average molecular weight is 475 g/mol. The number of amides is 2. The van der Waals surface area contributed by atoms with Crippen molar-refractivity contribution < 1.29 is 13.9 Å². The summed E-state index contributed by atoms with van der Waals surface area (Å²) >= 11 is 0. The second kappa shape index (κ2) is 9.25. The molecule has 5 rings (SSSR count). The van der Waals surface area contributed by atoms with Gasteiger partial charge >= 0.3 is 6.03 Å². The van der Waals surface area contributed by atoms with Crippen LogP contribution in [0, 0.1) is 12.7 Å². The van der Waals surface area contributed by atoms with Gasteiger partial charge < -0.3 is 24.8 Å². The Kier molecular flexibility index (Phi) is 5.98. The fourth-order valence-corrected chi connectivity index (χ4v) is 4.70. The van der Waals surface area contributed by atoms with Crippen molar-refractivity contribution in [1.82, 2.24) is 19.9 Å². The number of aryl methyl sites for hydroxylation is 1. The zero-order chi connectivity index (χ0) is 24.5. The lowest BCUT2D eigenvalue weighted by atomic mass is 10.1. The molecule has 0 bridgehead atoms. The number of nitrogens with one attached hydrogen (secondary N) is 2. The predicted octanol–water partition coefficient (Wildman–Crippen LogP) is 5.33. The molecule has 0 radical (unpaired) electrons. The van der Waals surface area contributed by atoms with Crippen LogP contribution in [-0.4, -0.2) is 51.1 Å². The first-order chi connectivity index (χ1) is 16.9. The summed E-state index contributed by atoms with van der Waals surface area (Å²) in [5.41, 5.74) is 2.53. The van der Waals surface area contributed by atoms with Crippen molar-refractivity contribution in [2.75, 3.05) is 23.3 Å². The van der Waals surface area contributed by atoms with E-state index in [1.165, 1.54) is 12.1 Å². The van der Waals surface area contributed by atoms with Gasteiger partial charge in [0.25, 0.3) is 0 Å². The topological polar surface area (TPSA) is 86.4 Å². The minimum Gasteiger partial charge on any atom is -0.457 e. The van der Waals surface area contributed by atoms with E-state index in [0.717, 1.165) is 22.4 Å². The van der Waals surface area contributed by atoms with Crippen LogP contribution in [-0.2, 0) is 0 Å². The Morgan fingerprint density at radius 2 is 1.83 bits per heavy atom. The molecule has 2 atom stereocenters. The number of H-pyrrole nitrogens is 1. The summed E-state index contributed by atoms with van der Waals surface area (Å²) in [6.07, 6.45) is 3.51. The van der Waals surface area contributed by atoms with Gasteiger partial charge in [-0.15, -0.1) is 0 Å².